The number of phenols is 1. The molecular formula is C25H22ClF4NO4. The molecule has 2 aromatic carbocycles. The van der Waals surface area contributed by atoms with E-state index in [0.29, 0.717) is 48.2 Å². The Hall–Kier alpha value is -2.78. The second-order valence-electron chi connectivity index (χ2n) is 9.31. The SMILES string of the molecule is O=C(O)[C@]1(C(F)(F)F)C[C@@H](c2c(C3CCOCC3)n(-c3ccc(F)c(Cl)c3)c3ccc(O)cc32)C1. The highest BCUT2D eigenvalue weighted by molar-refractivity contribution is 6.30. The number of benzene rings is 2. The van der Waals surface area contributed by atoms with Gasteiger partial charge in [-0.05, 0) is 73.6 Å². The summed E-state index contributed by atoms with van der Waals surface area (Å²) < 4.78 is 62.7. The first-order valence-corrected chi connectivity index (χ1v) is 11.6. The zero-order valence-electron chi connectivity index (χ0n) is 18.4. The number of aromatic hydroxyl groups is 1. The van der Waals surface area contributed by atoms with Crippen LogP contribution in [0.1, 0.15) is 48.8 Å². The Labute approximate surface area is 202 Å². The predicted octanol–water partition coefficient (Wildman–Crippen LogP) is 6.53. The van der Waals surface area contributed by atoms with Crippen molar-refractivity contribution in [3.8, 4) is 11.4 Å². The molecule has 1 aliphatic carbocycles. The minimum atomic E-state index is -4.89. The van der Waals surface area contributed by atoms with Crippen molar-refractivity contribution in [2.45, 2.75) is 43.7 Å². The normalized spacial score (nSPS) is 23.4. The zero-order valence-corrected chi connectivity index (χ0v) is 19.2. The Kier molecular flexibility index (Phi) is 5.75. The summed E-state index contributed by atoms with van der Waals surface area (Å²) in [6.07, 6.45) is -4.86. The molecule has 5 rings (SSSR count). The van der Waals surface area contributed by atoms with E-state index in [-0.39, 0.29) is 16.7 Å². The smallest absolute Gasteiger partial charge is 0.404 e. The zero-order chi connectivity index (χ0) is 25.1. The Morgan fingerprint density at radius 3 is 2.37 bits per heavy atom. The molecule has 10 heteroatoms. The van der Waals surface area contributed by atoms with E-state index in [2.05, 4.69) is 0 Å². The largest absolute Gasteiger partial charge is 0.508 e. The molecule has 35 heavy (non-hydrogen) atoms. The van der Waals surface area contributed by atoms with Crippen LogP contribution in [0.15, 0.2) is 36.4 Å². The molecule has 0 unspecified atom stereocenters. The third kappa shape index (κ3) is 3.76. The number of phenolic OH excluding ortho intramolecular Hbond substituents is 1. The van der Waals surface area contributed by atoms with E-state index in [1.807, 2.05) is 4.57 Å². The second-order valence-corrected chi connectivity index (χ2v) is 9.72. The molecule has 1 saturated heterocycles. The number of nitrogens with zero attached hydrogens (tertiary/aromatic N) is 1. The maximum absolute atomic E-state index is 14.0. The topological polar surface area (TPSA) is 71.7 Å². The van der Waals surface area contributed by atoms with Crippen LogP contribution in [0.4, 0.5) is 17.6 Å². The van der Waals surface area contributed by atoms with E-state index in [1.165, 1.54) is 30.3 Å². The first-order chi connectivity index (χ1) is 16.5. The van der Waals surface area contributed by atoms with Crippen molar-refractivity contribution >= 4 is 28.5 Å². The molecule has 0 spiro atoms. The molecular weight excluding hydrogens is 490 g/mol. The minimum Gasteiger partial charge on any atom is -0.508 e. The lowest BCUT2D eigenvalue weighted by atomic mass is 9.58. The number of ether oxygens (including phenoxy) is 1. The number of hydrogen-bond donors (Lipinski definition) is 2. The van der Waals surface area contributed by atoms with Gasteiger partial charge in [-0.15, -0.1) is 0 Å². The number of carboxylic acids is 1. The van der Waals surface area contributed by atoms with Gasteiger partial charge in [-0.3, -0.25) is 4.79 Å². The number of alkyl halides is 3. The molecule has 2 N–H and O–H groups in total. The summed E-state index contributed by atoms with van der Waals surface area (Å²) in [6.45, 7) is 0.931. The van der Waals surface area contributed by atoms with E-state index in [9.17, 15) is 32.6 Å². The molecule has 186 valence electrons. The van der Waals surface area contributed by atoms with Crippen molar-refractivity contribution in [3.63, 3.8) is 0 Å². The molecule has 0 amide bonds. The van der Waals surface area contributed by atoms with Crippen LogP contribution in [-0.2, 0) is 9.53 Å². The number of aliphatic carboxylic acids is 1. The van der Waals surface area contributed by atoms with Crippen LogP contribution in [0.25, 0.3) is 16.6 Å². The fourth-order valence-corrected chi connectivity index (χ4v) is 5.72. The van der Waals surface area contributed by atoms with Gasteiger partial charge in [0, 0.05) is 35.9 Å². The molecule has 0 bridgehead atoms. The molecule has 1 aromatic heterocycles. The molecule has 3 aromatic rings. The quantitative estimate of drug-likeness (QED) is 0.390. The number of halogens is 5. The van der Waals surface area contributed by atoms with Gasteiger partial charge in [-0.1, -0.05) is 11.6 Å². The van der Waals surface area contributed by atoms with E-state index < -0.39 is 42.1 Å². The number of carbonyl (C=O) groups is 1. The number of aromatic nitrogens is 1. The highest BCUT2D eigenvalue weighted by Crippen LogP contribution is 2.62. The number of rotatable bonds is 4. The number of fused-ring (bicyclic) bond motifs is 1. The Balaban J connectivity index is 1.75. The fraction of sp³-hybridized carbons (Fsp3) is 0.400. The van der Waals surface area contributed by atoms with Gasteiger partial charge in [-0.25, -0.2) is 4.39 Å². The first-order valence-electron chi connectivity index (χ1n) is 11.2. The Bertz CT molecular complexity index is 1310. The standard InChI is InChI=1S/C25H22ClF4NO4/c26-18-9-15(1-3-19(18)27)31-20-4-2-16(32)10-17(20)21(22(31)13-5-7-35-8-6-13)14-11-24(12-14,23(33)34)25(28,29)30/h1-4,9-10,13-14,32H,5-8,11-12H2,(H,33,34)/t14-,24+. The molecule has 1 aliphatic heterocycles. The van der Waals surface area contributed by atoms with Crippen LogP contribution in [0.5, 0.6) is 5.75 Å². The third-order valence-corrected chi connectivity index (χ3v) is 7.64. The van der Waals surface area contributed by atoms with Crippen LogP contribution >= 0.6 is 11.6 Å². The predicted molar refractivity (Wildman–Crippen MR) is 121 cm³/mol. The molecule has 1 saturated carbocycles. The van der Waals surface area contributed by atoms with Crippen molar-refractivity contribution < 1.29 is 37.3 Å². The van der Waals surface area contributed by atoms with Crippen LogP contribution in [0.3, 0.4) is 0 Å². The van der Waals surface area contributed by atoms with E-state index in [0.717, 1.165) is 5.69 Å². The van der Waals surface area contributed by atoms with Gasteiger partial charge in [0.25, 0.3) is 0 Å². The fourth-order valence-electron chi connectivity index (χ4n) is 5.54. The molecule has 2 fully saturated rings. The van der Waals surface area contributed by atoms with E-state index >= 15 is 0 Å². The Morgan fingerprint density at radius 1 is 1.09 bits per heavy atom. The molecule has 2 heterocycles. The lowest BCUT2D eigenvalue weighted by Crippen LogP contribution is -2.53. The summed E-state index contributed by atoms with van der Waals surface area (Å²) in [4.78, 5) is 11.7. The summed E-state index contributed by atoms with van der Waals surface area (Å²) in [5.74, 6) is -3.33. The first kappa shape index (κ1) is 23.9. The van der Waals surface area contributed by atoms with Crippen molar-refractivity contribution in [1.82, 2.24) is 4.57 Å². The summed E-state index contributed by atoms with van der Waals surface area (Å²) in [5.41, 5.74) is -0.358. The van der Waals surface area contributed by atoms with Crippen LogP contribution in [0.2, 0.25) is 5.02 Å². The second kappa shape index (κ2) is 8.41. The molecule has 2 aliphatic rings. The van der Waals surface area contributed by atoms with Gasteiger partial charge in [-0.2, -0.15) is 13.2 Å². The van der Waals surface area contributed by atoms with Gasteiger partial charge in [0.15, 0.2) is 5.41 Å². The highest BCUT2D eigenvalue weighted by Gasteiger charge is 2.68. The average molecular weight is 512 g/mol. The van der Waals surface area contributed by atoms with Crippen molar-refractivity contribution in [3.05, 3.63) is 58.5 Å². The average Bonchev–Trinajstić information content (AvgIpc) is 3.08. The van der Waals surface area contributed by atoms with Gasteiger partial charge < -0.3 is 19.5 Å². The van der Waals surface area contributed by atoms with Gasteiger partial charge in [0.1, 0.15) is 11.6 Å². The van der Waals surface area contributed by atoms with Crippen molar-refractivity contribution in [2.75, 3.05) is 13.2 Å². The van der Waals surface area contributed by atoms with Gasteiger partial charge in [0.05, 0.1) is 10.5 Å². The Morgan fingerprint density at radius 2 is 1.77 bits per heavy atom. The van der Waals surface area contributed by atoms with Gasteiger partial charge in [0.2, 0.25) is 0 Å². The van der Waals surface area contributed by atoms with E-state index in [1.54, 1.807) is 6.07 Å². The van der Waals surface area contributed by atoms with Crippen molar-refractivity contribution in [1.29, 1.82) is 0 Å². The lowest BCUT2D eigenvalue weighted by Gasteiger charge is -2.46. The van der Waals surface area contributed by atoms with E-state index in [4.69, 9.17) is 16.3 Å². The molecule has 0 radical (unpaired) electrons. The highest BCUT2D eigenvalue weighted by atomic mass is 35.5. The van der Waals surface area contributed by atoms with Crippen molar-refractivity contribution in [2.24, 2.45) is 5.41 Å². The lowest BCUT2D eigenvalue weighted by molar-refractivity contribution is -0.256. The number of hydrogen-bond acceptors (Lipinski definition) is 3. The van der Waals surface area contributed by atoms with Crippen LogP contribution in [-0.4, -0.2) is 40.1 Å². The summed E-state index contributed by atoms with van der Waals surface area (Å²) in [5, 5.41) is 20.1. The minimum absolute atomic E-state index is 0.0637. The summed E-state index contributed by atoms with van der Waals surface area (Å²) >= 11 is 6.07. The van der Waals surface area contributed by atoms with Gasteiger partial charge >= 0.3 is 12.1 Å². The summed E-state index contributed by atoms with van der Waals surface area (Å²) in [6, 6.07) is 8.83. The maximum atomic E-state index is 14.0. The van der Waals surface area contributed by atoms with Crippen LogP contribution < -0.4 is 0 Å². The molecule has 5 nitrogen and oxygen atoms in total. The molecule has 0 atom stereocenters. The number of carboxylic acid groups (broad SMARTS) is 1. The summed E-state index contributed by atoms with van der Waals surface area (Å²) in [7, 11) is 0. The third-order valence-electron chi connectivity index (χ3n) is 7.35. The van der Waals surface area contributed by atoms with Crippen LogP contribution in [0, 0.1) is 11.2 Å². The maximum Gasteiger partial charge on any atom is 0.404 e. The monoisotopic (exact) mass is 511 g/mol.